The maximum atomic E-state index is 13.2. The Morgan fingerprint density at radius 1 is 1.50 bits per heavy atom. The maximum absolute atomic E-state index is 13.2. The van der Waals surface area contributed by atoms with Crippen LogP contribution in [0, 0.1) is 17.1 Å². The van der Waals surface area contributed by atoms with Crippen molar-refractivity contribution in [3.05, 3.63) is 24.0 Å². The number of benzene rings is 1. The zero-order valence-corrected chi connectivity index (χ0v) is 10.9. The fraction of sp³-hybridized carbons (Fsp3) is 0.417. The van der Waals surface area contributed by atoms with E-state index < -0.39 is 20.9 Å². The van der Waals surface area contributed by atoms with E-state index >= 15 is 0 Å². The summed E-state index contributed by atoms with van der Waals surface area (Å²) in [4.78, 5) is 1.75. The van der Waals surface area contributed by atoms with Crippen molar-refractivity contribution in [2.75, 3.05) is 11.9 Å². The van der Waals surface area contributed by atoms with Crippen molar-refractivity contribution in [3.8, 4) is 6.07 Å². The minimum absolute atomic E-state index is 0.0247. The smallest absolute Gasteiger partial charge is 0.186 e. The van der Waals surface area contributed by atoms with Gasteiger partial charge >= 0.3 is 0 Å². The number of hydrogen-bond donors (Lipinski definition) is 0. The molecule has 0 amide bonds. The number of sulfone groups is 1. The Morgan fingerprint density at radius 2 is 2.17 bits per heavy atom. The Morgan fingerprint density at radius 3 is 2.78 bits per heavy atom. The first-order valence-corrected chi connectivity index (χ1v) is 7.07. The summed E-state index contributed by atoms with van der Waals surface area (Å²) in [6.07, 6.45) is -0.0935. The van der Waals surface area contributed by atoms with Crippen LogP contribution in [-0.2, 0) is 9.84 Å². The van der Waals surface area contributed by atoms with E-state index in [0.717, 1.165) is 6.07 Å². The van der Waals surface area contributed by atoms with Gasteiger partial charge < -0.3 is 4.90 Å². The fourth-order valence-electron chi connectivity index (χ4n) is 2.27. The molecule has 1 aliphatic heterocycles. The van der Waals surface area contributed by atoms with Gasteiger partial charge in [0.15, 0.2) is 9.84 Å². The molecule has 1 aromatic rings. The van der Waals surface area contributed by atoms with Crippen LogP contribution in [0.15, 0.2) is 23.1 Å². The molecule has 2 atom stereocenters. The van der Waals surface area contributed by atoms with Gasteiger partial charge in [-0.3, -0.25) is 0 Å². The van der Waals surface area contributed by atoms with Gasteiger partial charge in [0.05, 0.1) is 28.3 Å². The molecule has 0 radical (unpaired) electrons. The summed E-state index contributed by atoms with van der Waals surface area (Å²) in [5.41, 5.74) is 0.484. The van der Waals surface area contributed by atoms with E-state index in [0.29, 0.717) is 5.69 Å². The monoisotopic (exact) mass is 268 g/mol. The molecule has 4 nitrogen and oxygen atoms in total. The first-order chi connectivity index (χ1) is 8.39. The van der Waals surface area contributed by atoms with Gasteiger partial charge in [-0.25, -0.2) is 12.8 Å². The lowest BCUT2D eigenvalue weighted by molar-refractivity contribution is 0.535. The molecule has 0 spiro atoms. The first-order valence-electron chi connectivity index (χ1n) is 5.53. The summed E-state index contributed by atoms with van der Waals surface area (Å²) in [6, 6.07) is 5.30. The number of hydrogen-bond acceptors (Lipinski definition) is 4. The third-order valence-corrected chi connectivity index (χ3v) is 5.75. The third kappa shape index (κ3) is 1.75. The lowest BCUT2D eigenvalue weighted by Gasteiger charge is -2.38. The summed E-state index contributed by atoms with van der Waals surface area (Å²) in [5, 5.41) is 7.93. The molecule has 0 aliphatic carbocycles. The number of anilines is 1. The second-order valence-corrected chi connectivity index (χ2v) is 6.54. The van der Waals surface area contributed by atoms with Crippen LogP contribution in [0.4, 0.5) is 10.1 Å². The van der Waals surface area contributed by atoms with Gasteiger partial charge in [0.1, 0.15) is 5.82 Å². The van der Waals surface area contributed by atoms with E-state index in [1.807, 2.05) is 6.07 Å². The molecule has 1 aliphatic rings. The van der Waals surface area contributed by atoms with E-state index in [9.17, 15) is 12.8 Å². The predicted molar refractivity (Wildman–Crippen MR) is 65.5 cm³/mol. The molecule has 0 N–H and O–H groups in total. The number of fused-ring (bicyclic) bond motifs is 1. The van der Waals surface area contributed by atoms with E-state index in [2.05, 4.69) is 0 Å². The molecule has 18 heavy (non-hydrogen) atoms. The zero-order valence-electron chi connectivity index (χ0n) is 10.1. The van der Waals surface area contributed by atoms with Gasteiger partial charge in [0.25, 0.3) is 0 Å². The average molecular weight is 268 g/mol. The lowest BCUT2D eigenvalue weighted by atomic mass is 10.1. The number of rotatable bonds is 1. The lowest BCUT2D eigenvalue weighted by Crippen LogP contribution is -2.47. The highest BCUT2D eigenvalue weighted by Crippen LogP contribution is 2.37. The van der Waals surface area contributed by atoms with Gasteiger partial charge in [0.2, 0.25) is 0 Å². The summed E-state index contributed by atoms with van der Waals surface area (Å²) in [5.74, 6) is -0.587. The van der Waals surface area contributed by atoms with E-state index in [4.69, 9.17) is 5.26 Å². The van der Waals surface area contributed by atoms with Crippen LogP contribution in [-0.4, -0.2) is 26.8 Å². The van der Waals surface area contributed by atoms with Crippen LogP contribution < -0.4 is 4.90 Å². The van der Waals surface area contributed by atoms with Crippen molar-refractivity contribution < 1.29 is 12.8 Å². The highest BCUT2D eigenvalue weighted by molar-refractivity contribution is 7.92. The number of nitrogens with zero attached hydrogens (tertiary/aromatic N) is 2. The largest absolute Gasteiger partial charge is 0.369 e. The summed E-state index contributed by atoms with van der Waals surface area (Å²) < 4.78 is 37.9. The Balaban J connectivity index is 2.68. The Kier molecular flexibility index (Phi) is 3.03. The molecule has 1 heterocycles. The van der Waals surface area contributed by atoms with Gasteiger partial charge in [-0.15, -0.1) is 0 Å². The SMILES string of the molecule is CC1C(CC#N)S(=O)(=O)c2cc(F)ccc2N1C. The Hall–Kier alpha value is -1.61. The van der Waals surface area contributed by atoms with Gasteiger partial charge in [-0.1, -0.05) is 0 Å². The molecular weight excluding hydrogens is 255 g/mol. The predicted octanol–water partition coefficient (Wildman–Crippen LogP) is 1.72. The van der Waals surface area contributed by atoms with Crippen LogP contribution in [0.3, 0.4) is 0 Å². The van der Waals surface area contributed by atoms with Crippen LogP contribution in [0.2, 0.25) is 0 Å². The number of halogens is 1. The van der Waals surface area contributed by atoms with Crippen LogP contribution in [0.25, 0.3) is 0 Å². The highest BCUT2D eigenvalue weighted by atomic mass is 32.2. The van der Waals surface area contributed by atoms with Gasteiger partial charge in [-0.2, -0.15) is 5.26 Å². The second kappa shape index (κ2) is 4.25. The van der Waals surface area contributed by atoms with Crippen molar-refractivity contribution in [1.82, 2.24) is 0 Å². The van der Waals surface area contributed by atoms with Crippen molar-refractivity contribution in [3.63, 3.8) is 0 Å². The van der Waals surface area contributed by atoms with Crippen LogP contribution in [0.1, 0.15) is 13.3 Å². The molecule has 96 valence electrons. The molecule has 2 unspecified atom stereocenters. The summed E-state index contributed by atoms with van der Waals surface area (Å²) in [6.45, 7) is 1.76. The van der Waals surface area contributed by atoms with E-state index in [1.165, 1.54) is 12.1 Å². The molecule has 6 heteroatoms. The zero-order chi connectivity index (χ0) is 13.5. The molecule has 0 aromatic heterocycles. The van der Waals surface area contributed by atoms with Gasteiger partial charge in [-0.05, 0) is 25.1 Å². The molecule has 0 saturated carbocycles. The van der Waals surface area contributed by atoms with Crippen molar-refractivity contribution in [2.45, 2.75) is 29.5 Å². The van der Waals surface area contributed by atoms with E-state index in [-0.39, 0.29) is 17.4 Å². The van der Waals surface area contributed by atoms with Crippen LogP contribution >= 0.6 is 0 Å². The Labute approximate surface area is 106 Å². The van der Waals surface area contributed by atoms with Crippen molar-refractivity contribution in [1.29, 1.82) is 5.26 Å². The summed E-state index contributed by atoms with van der Waals surface area (Å²) >= 11 is 0. The summed E-state index contributed by atoms with van der Waals surface area (Å²) in [7, 11) is -1.90. The minimum atomic E-state index is -3.65. The quantitative estimate of drug-likeness (QED) is 0.778. The molecule has 0 bridgehead atoms. The first kappa shape index (κ1) is 12.8. The molecule has 2 rings (SSSR count). The van der Waals surface area contributed by atoms with Crippen molar-refractivity contribution in [2.24, 2.45) is 0 Å². The average Bonchev–Trinajstić information content (AvgIpc) is 2.32. The molecule has 1 aromatic carbocycles. The van der Waals surface area contributed by atoms with Crippen molar-refractivity contribution >= 4 is 15.5 Å². The van der Waals surface area contributed by atoms with Gasteiger partial charge in [0, 0.05) is 13.1 Å². The number of nitriles is 1. The minimum Gasteiger partial charge on any atom is -0.369 e. The topological polar surface area (TPSA) is 61.2 Å². The third-order valence-electron chi connectivity index (χ3n) is 3.45. The molecular formula is C12H13FN2O2S. The Bertz CT molecular complexity index is 621. The van der Waals surface area contributed by atoms with E-state index in [1.54, 1.807) is 18.9 Å². The van der Waals surface area contributed by atoms with Crippen LogP contribution in [0.5, 0.6) is 0 Å². The second-order valence-electron chi connectivity index (χ2n) is 4.41. The normalized spacial score (nSPS) is 25.3. The highest BCUT2D eigenvalue weighted by Gasteiger charge is 2.41. The fourth-order valence-corrected chi connectivity index (χ4v) is 4.37. The standard InChI is InChI=1S/C12H13FN2O2S/c1-8-11(5-6-14)18(16,17)12-7-9(13)3-4-10(12)15(8)2/h3-4,7-8,11H,5H2,1-2H3. The molecule has 0 saturated heterocycles. The maximum Gasteiger partial charge on any atom is 0.186 e. The molecule has 0 fully saturated rings.